The maximum absolute atomic E-state index is 12.4. The van der Waals surface area contributed by atoms with Crippen LogP contribution in [0.5, 0.6) is 5.75 Å². The molecule has 0 N–H and O–H groups in total. The SMILES string of the molecule is CC1CCN(C(=O)C(C)Oc2ccc(Br)cc2Br)CC1. The lowest BCUT2D eigenvalue weighted by Crippen LogP contribution is -2.44. The second-order valence-electron chi connectivity index (χ2n) is 5.34. The number of halogens is 2. The minimum atomic E-state index is -0.458. The van der Waals surface area contributed by atoms with E-state index >= 15 is 0 Å². The van der Waals surface area contributed by atoms with Gasteiger partial charge in [-0.1, -0.05) is 22.9 Å². The number of benzene rings is 1. The molecule has 5 heteroatoms. The van der Waals surface area contributed by atoms with Gasteiger partial charge in [-0.25, -0.2) is 0 Å². The minimum Gasteiger partial charge on any atom is -0.480 e. The highest BCUT2D eigenvalue weighted by atomic mass is 79.9. The number of hydrogen-bond acceptors (Lipinski definition) is 2. The molecule has 2 rings (SSSR count). The summed E-state index contributed by atoms with van der Waals surface area (Å²) in [5.74, 6) is 1.49. The van der Waals surface area contributed by atoms with Gasteiger partial charge in [0.2, 0.25) is 0 Å². The number of carbonyl (C=O) groups is 1. The van der Waals surface area contributed by atoms with E-state index in [-0.39, 0.29) is 5.91 Å². The Morgan fingerprint density at radius 2 is 2.00 bits per heavy atom. The molecule has 1 fully saturated rings. The van der Waals surface area contributed by atoms with Crippen LogP contribution in [-0.2, 0) is 4.79 Å². The second kappa shape index (κ2) is 6.94. The number of nitrogens with zero attached hydrogens (tertiary/aromatic N) is 1. The van der Waals surface area contributed by atoms with Gasteiger partial charge in [0.1, 0.15) is 5.75 Å². The molecule has 1 aromatic rings. The molecule has 1 amide bonds. The molecule has 1 atom stereocenters. The van der Waals surface area contributed by atoms with E-state index in [0.29, 0.717) is 5.75 Å². The van der Waals surface area contributed by atoms with E-state index in [4.69, 9.17) is 4.74 Å². The highest BCUT2D eigenvalue weighted by molar-refractivity contribution is 9.11. The lowest BCUT2D eigenvalue weighted by atomic mass is 9.99. The summed E-state index contributed by atoms with van der Waals surface area (Å²) in [4.78, 5) is 14.3. The number of rotatable bonds is 3. The Morgan fingerprint density at radius 1 is 1.35 bits per heavy atom. The molecule has 1 heterocycles. The Bertz CT molecular complexity index is 485. The standard InChI is InChI=1S/C15H19Br2NO2/c1-10-5-7-18(8-6-10)15(19)11(2)20-14-4-3-12(16)9-13(14)17/h3-4,9-11H,5-8H2,1-2H3. The molecule has 20 heavy (non-hydrogen) atoms. The van der Waals surface area contributed by atoms with Crippen molar-refractivity contribution < 1.29 is 9.53 Å². The topological polar surface area (TPSA) is 29.5 Å². The van der Waals surface area contributed by atoms with Gasteiger partial charge < -0.3 is 9.64 Å². The highest BCUT2D eigenvalue weighted by Gasteiger charge is 2.25. The summed E-state index contributed by atoms with van der Waals surface area (Å²) in [6.45, 7) is 5.74. The van der Waals surface area contributed by atoms with Crippen LogP contribution >= 0.6 is 31.9 Å². The van der Waals surface area contributed by atoms with Crippen molar-refractivity contribution in [1.82, 2.24) is 4.90 Å². The smallest absolute Gasteiger partial charge is 0.263 e. The van der Waals surface area contributed by atoms with E-state index in [9.17, 15) is 4.79 Å². The first-order chi connectivity index (χ1) is 9.47. The normalized spacial score (nSPS) is 17.9. The number of carbonyl (C=O) groups excluding carboxylic acids is 1. The molecule has 0 aliphatic carbocycles. The summed E-state index contributed by atoms with van der Waals surface area (Å²) in [5, 5.41) is 0. The summed E-state index contributed by atoms with van der Waals surface area (Å²) < 4.78 is 7.60. The van der Waals surface area contributed by atoms with Gasteiger partial charge in [-0.3, -0.25) is 4.79 Å². The Hall–Kier alpha value is -0.550. The van der Waals surface area contributed by atoms with E-state index in [1.54, 1.807) is 0 Å². The Morgan fingerprint density at radius 3 is 2.60 bits per heavy atom. The van der Waals surface area contributed by atoms with Crippen molar-refractivity contribution in [2.24, 2.45) is 5.92 Å². The van der Waals surface area contributed by atoms with Crippen LogP contribution in [0.1, 0.15) is 26.7 Å². The number of hydrogen-bond donors (Lipinski definition) is 0. The highest BCUT2D eigenvalue weighted by Crippen LogP contribution is 2.29. The quantitative estimate of drug-likeness (QED) is 0.753. The Kier molecular flexibility index (Phi) is 5.49. The molecule has 1 aliphatic heterocycles. The van der Waals surface area contributed by atoms with Crippen LogP contribution in [-0.4, -0.2) is 30.0 Å². The largest absolute Gasteiger partial charge is 0.480 e. The van der Waals surface area contributed by atoms with Crippen LogP contribution in [0, 0.1) is 5.92 Å². The molecule has 1 unspecified atom stereocenters. The fourth-order valence-corrected chi connectivity index (χ4v) is 3.44. The van der Waals surface area contributed by atoms with Crippen LogP contribution < -0.4 is 4.74 Å². The third-order valence-corrected chi connectivity index (χ3v) is 4.75. The third-order valence-electron chi connectivity index (χ3n) is 3.64. The first-order valence-corrected chi connectivity index (χ1v) is 8.46. The van der Waals surface area contributed by atoms with Crippen molar-refractivity contribution in [2.75, 3.05) is 13.1 Å². The maximum atomic E-state index is 12.4. The zero-order valence-corrected chi connectivity index (χ0v) is 14.9. The fraction of sp³-hybridized carbons (Fsp3) is 0.533. The van der Waals surface area contributed by atoms with Crippen LogP contribution in [0.15, 0.2) is 27.1 Å². The Balaban J connectivity index is 1.97. The molecule has 0 bridgehead atoms. The molecule has 1 saturated heterocycles. The predicted octanol–water partition coefficient (Wildman–Crippen LogP) is 4.24. The minimum absolute atomic E-state index is 0.0757. The maximum Gasteiger partial charge on any atom is 0.263 e. The van der Waals surface area contributed by atoms with Gasteiger partial charge in [-0.15, -0.1) is 0 Å². The van der Waals surface area contributed by atoms with Crippen molar-refractivity contribution in [3.8, 4) is 5.75 Å². The molecule has 0 aromatic heterocycles. The predicted molar refractivity (Wildman–Crippen MR) is 86.9 cm³/mol. The fourth-order valence-electron chi connectivity index (χ4n) is 2.30. The monoisotopic (exact) mass is 403 g/mol. The molecule has 1 aromatic carbocycles. The molecule has 110 valence electrons. The number of piperidine rings is 1. The van der Waals surface area contributed by atoms with E-state index < -0.39 is 6.10 Å². The summed E-state index contributed by atoms with van der Waals surface area (Å²) in [7, 11) is 0. The molecule has 0 spiro atoms. The van der Waals surface area contributed by atoms with Crippen molar-refractivity contribution in [3.05, 3.63) is 27.1 Å². The summed E-state index contributed by atoms with van der Waals surface area (Å²) >= 11 is 6.85. The lowest BCUT2D eigenvalue weighted by Gasteiger charge is -2.32. The van der Waals surface area contributed by atoms with Crippen molar-refractivity contribution >= 4 is 37.8 Å². The average Bonchev–Trinajstić information content (AvgIpc) is 2.42. The van der Waals surface area contributed by atoms with Crippen LogP contribution in [0.4, 0.5) is 0 Å². The van der Waals surface area contributed by atoms with E-state index in [1.165, 1.54) is 0 Å². The first kappa shape index (κ1) is 15.8. The number of amides is 1. The average molecular weight is 405 g/mol. The van der Waals surface area contributed by atoms with Gasteiger partial charge in [0.15, 0.2) is 6.10 Å². The molecular weight excluding hydrogens is 386 g/mol. The summed E-state index contributed by atoms with van der Waals surface area (Å²) in [6.07, 6.45) is 1.71. The van der Waals surface area contributed by atoms with Gasteiger partial charge >= 0.3 is 0 Å². The van der Waals surface area contributed by atoms with Gasteiger partial charge in [0, 0.05) is 17.6 Å². The summed E-state index contributed by atoms with van der Waals surface area (Å²) in [5.41, 5.74) is 0. The van der Waals surface area contributed by atoms with Gasteiger partial charge in [-0.05, 0) is 59.8 Å². The van der Waals surface area contributed by atoms with Crippen LogP contribution in [0.2, 0.25) is 0 Å². The van der Waals surface area contributed by atoms with Crippen molar-refractivity contribution in [3.63, 3.8) is 0 Å². The van der Waals surface area contributed by atoms with E-state index in [2.05, 4.69) is 38.8 Å². The molecule has 0 radical (unpaired) electrons. The summed E-state index contributed by atoms with van der Waals surface area (Å²) in [6, 6.07) is 5.67. The Labute approximate surface area is 136 Å². The number of likely N-dealkylation sites (tertiary alicyclic amines) is 1. The van der Waals surface area contributed by atoms with E-state index in [0.717, 1.165) is 40.8 Å². The van der Waals surface area contributed by atoms with Gasteiger partial charge in [0.05, 0.1) is 4.47 Å². The zero-order valence-electron chi connectivity index (χ0n) is 11.7. The van der Waals surface area contributed by atoms with Gasteiger partial charge in [-0.2, -0.15) is 0 Å². The molecular formula is C15H19Br2NO2. The zero-order chi connectivity index (χ0) is 14.7. The first-order valence-electron chi connectivity index (χ1n) is 6.88. The van der Waals surface area contributed by atoms with Crippen molar-refractivity contribution in [2.45, 2.75) is 32.8 Å². The van der Waals surface area contributed by atoms with Crippen molar-refractivity contribution in [1.29, 1.82) is 0 Å². The molecule has 1 aliphatic rings. The second-order valence-corrected chi connectivity index (χ2v) is 7.11. The van der Waals surface area contributed by atoms with Gasteiger partial charge in [0.25, 0.3) is 5.91 Å². The molecule has 0 saturated carbocycles. The van der Waals surface area contributed by atoms with Crippen LogP contribution in [0.25, 0.3) is 0 Å². The van der Waals surface area contributed by atoms with Crippen LogP contribution in [0.3, 0.4) is 0 Å². The lowest BCUT2D eigenvalue weighted by molar-refractivity contribution is -0.139. The van der Waals surface area contributed by atoms with E-state index in [1.807, 2.05) is 30.0 Å². The molecule has 3 nitrogen and oxygen atoms in total. The number of ether oxygens (including phenoxy) is 1. The third kappa shape index (κ3) is 3.98.